The molecular weight excluding hydrogens is 416 g/mol. The second kappa shape index (κ2) is 7.48. The molecule has 0 bridgehead atoms. The normalized spacial score (nSPS) is 17.2. The molecule has 0 atom stereocenters. The largest absolute Gasteiger partial charge is 0.331 e. The van der Waals surface area contributed by atoms with Crippen molar-refractivity contribution in [1.29, 1.82) is 0 Å². The summed E-state index contributed by atoms with van der Waals surface area (Å²) < 4.78 is 56.3. The van der Waals surface area contributed by atoms with Crippen molar-refractivity contribution in [3.05, 3.63) is 71.1 Å². The highest BCUT2D eigenvalue weighted by molar-refractivity contribution is 7.90. The molecule has 3 heterocycles. The Bertz CT molecular complexity index is 1230. The van der Waals surface area contributed by atoms with E-state index in [1.807, 2.05) is 0 Å². The van der Waals surface area contributed by atoms with Gasteiger partial charge in [-0.05, 0) is 37.3 Å². The van der Waals surface area contributed by atoms with Crippen LogP contribution in [-0.2, 0) is 21.4 Å². The Labute approximate surface area is 171 Å². The number of aryl methyl sites for hydroxylation is 1. The summed E-state index contributed by atoms with van der Waals surface area (Å²) in [5, 5.41) is 6.81. The van der Waals surface area contributed by atoms with E-state index in [0.29, 0.717) is 5.56 Å². The first-order valence-corrected chi connectivity index (χ1v) is 10.6. The number of amidine groups is 1. The first kappa shape index (κ1) is 20.0. The number of carbonyl (C=O) groups excluding carboxylic acids is 1. The molecule has 30 heavy (non-hydrogen) atoms. The molecule has 2 aromatic rings. The number of hydrogen-bond acceptors (Lipinski definition) is 5. The number of allylic oxidation sites excluding steroid dienone is 2. The van der Waals surface area contributed by atoms with E-state index in [2.05, 4.69) is 14.8 Å². The van der Waals surface area contributed by atoms with Gasteiger partial charge in [0.05, 0.1) is 24.1 Å². The van der Waals surface area contributed by atoms with Crippen LogP contribution in [0.3, 0.4) is 0 Å². The Kier molecular flexibility index (Phi) is 4.98. The second-order valence-corrected chi connectivity index (χ2v) is 8.59. The van der Waals surface area contributed by atoms with Gasteiger partial charge in [0.15, 0.2) is 5.84 Å². The molecule has 0 spiro atoms. The van der Waals surface area contributed by atoms with Crippen molar-refractivity contribution in [1.82, 2.24) is 14.7 Å². The number of anilines is 1. The fourth-order valence-electron chi connectivity index (χ4n) is 3.16. The lowest BCUT2D eigenvalue weighted by Crippen LogP contribution is -2.41. The average Bonchev–Trinajstić information content (AvgIpc) is 3.03. The number of nitrogens with one attached hydrogen (secondary N) is 1. The van der Waals surface area contributed by atoms with E-state index < -0.39 is 27.6 Å². The SMILES string of the molecule is Cc1cnn(Cc2cc(F)ccc2F)c1NC(=O)C1=CC=CN2CCS(=O)(=O)N=C12. The molecule has 2 aliphatic rings. The molecule has 1 amide bonds. The Morgan fingerprint density at radius 1 is 1.30 bits per heavy atom. The third kappa shape index (κ3) is 3.88. The van der Waals surface area contributed by atoms with Crippen LogP contribution >= 0.6 is 0 Å². The minimum atomic E-state index is -3.65. The molecular formula is C19H17F2N5O3S. The number of halogens is 2. The van der Waals surface area contributed by atoms with Crippen LogP contribution in [0.1, 0.15) is 11.1 Å². The van der Waals surface area contributed by atoms with Gasteiger partial charge < -0.3 is 10.2 Å². The van der Waals surface area contributed by atoms with E-state index in [4.69, 9.17) is 0 Å². The molecule has 0 unspecified atom stereocenters. The van der Waals surface area contributed by atoms with Crippen LogP contribution in [0.15, 0.2) is 52.7 Å². The van der Waals surface area contributed by atoms with Crippen LogP contribution in [0.4, 0.5) is 14.6 Å². The van der Waals surface area contributed by atoms with Crippen molar-refractivity contribution in [2.75, 3.05) is 17.6 Å². The Morgan fingerprint density at radius 3 is 2.90 bits per heavy atom. The summed E-state index contributed by atoms with van der Waals surface area (Å²) in [6.45, 7) is 1.79. The smallest absolute Gasteiger partial charge is 0.260 e. The van der Waals surface area contributed by atoms with Crippen molar-refractivity contribution in [2.45, 2.75) is 13.5 Å². The molecule has 1 aromatic carbocycles. The number of nitrogens with zero attached hydrogens (tertiary/aromatic N) is 4. The average molecular weight is 433 g/mol. The Morgan fingerprint density at radius 2 is 2.10 bits per heavy atom. The number of benzene rings is 1. The summed E-state index contributed by atoms with van der Waals surface area (Å²) in [5.74, 6) is -1.59. The van der Waals surface area contributed by atoms with Gasteiger partial charge in [-0.25, -0.2) is 21.9 Å². The molecule has 1 aromatic heterocycles. The number of amides is 1. The van der Waals surface area contributed by atoms with E-state index in [1.165, 1.54) is 17.0 Å². The van der Waals surface area contributed by atoms with Gasteiger partial charge >= 0.3 is 0 Å². The molecule has 0 saturated heterocycles. The topological polar surface area (TPSA) is 96.7 Å². The van der Waals surface area contributed by atoms with Gasteiger partial charge in [0.25, 0.3) is 15.9 Å². The number of fused-ring (bicyclic) bond motifs is 1. The molecule has 8 nitrogen and oxygen atoms in total. The van der Waals surface area contributed by atoms with Gasteiger partial charge in [0.1, 0.15) is 17.5 Å². The third-order valence-electron chi connectivity index (χ3n) is 4.68. The minimum absolute atomic E-state index is 0.0427. The number of sulfonamides is 1. The summed E-state index contributed by atoms with van der Waals surface area (Å²) in [6.07, 6.45) is 6.22. The first-order chi connectivity index (χ1) is 14.2. The highest BCUT2D eigenvalue weighted by Crippen LogP contribution is 2.22. The van der Waals surface area contributed by atoms with Gasteiger partial charge in [-0.2, -0.15) is 5.10 Å². The molecule has 1 N–H and O–H groups in total. The maximum Gasteiger partial charge on any atom is 0.260 e. The number of rotatable bonds is 4. The Balaban J connectivity index is 1.62. The summed E-state index contributed by atoms with van der Waals surface area (Å²) >= 11 is 0. The standard InChI is InChI=1S/C19H17F2N5O3S/c1-12-10-22-26(11-13-9-14(20)4-5-16(13)21)17(12)23-19(27)15-3-2-6-25-7-8-30(28,29)24-18(15)25/h2-6,9-10H,7-8,11H2,1H3,(H,23,27). The predicted molar refractivity (Wildman–Crippen MR) is 106 cm³/mol. The lowest BCUT2D eigenvalue weighted by atomic mass is 10.1. The fourth-order valence-corrected chi connectivity index (χ4v) is 4.14. The summed E-state index contributed by atoms with van der Waals surface area (Å²) in [6, 6.07) is 3.10. The number of hydrogen-bond donors (Lipinski definition) is 1. The van der Waals surface area contributed by atoms with Crippen LogP contribution in [0.2, 0.25) is 0 Å². The van der Waals surface area contributed by atoms with Gasteiger partial charge in [-0.3, -0.25) is 4.79 Å². The predicted octanol–water partition coefficient (Wildman–Crippen LogP) is 1.95. The van der Waals surface area contributed by atoms with Gasteiger partial charge in [-0.1, -0.05) is 0 Å². The number of aromatic nitrogens is 2. The maximum absolute atomic E-state index is 14.0. The second-order valence-electron chi connectivity index (χ2n) is 6.84. The lowest BCUT2D eigenvalue weighted by molar-refractivity contribution is -0.112. The van der Waals surface area contributed by atoms with Gasteiger partial charge in [0, 0.05) is 23.9 Å². The van der Waals surface area contributed by atoms with Gasteiger partial charge in [-0.15, -0.1) is 4.40 Å². The highest BCUT2D eigenvalue weighted by atomic mass is 32.2. The lowest BCUT2D eigenvalue weighted by Gasteiger charge is -2.28. The van der Waals surface area contributed by atoms with Crippen molar-refractivity contribution >= 4 is 27.6 Å². The van der Waals surface area contributed by atoms with Crippen molar-refractivity contribution < 1.29 is 22.0 Å². The zero-order valence-corrected chi connectivity index (χ0v) is 16.7. The molecule has 0 radical (unpaired) electrons. The summed E-state index contributed by atoms with van der Waals surface area (Å²) in [5.41, 5.74) is 0.745. The van der Waals surface area contributed by atoms with Crippen LogP contribution in [0.5, 0.6) is 0 Å². The Hall–Kier alpha value is -3.34. The van der Waals surface area contributed by atoms with Gasteiger partial charge in [0.2, 0.25) is 0 Å². The highest BCUT2D eigenvalue weighted by Gasteiger charge is 2.30. The minimum Gasteiger partial charge on any atom is -0.331 e. The van der Waals surface area contributed by atoms with E-state index in [-0.39, 0.29) is 41.6 Å². The van der Waals surface area contributed by atoms with Crippen molar-refractivity contribution in [3.8, 4) is 0 Å². The monoisotopic (exact) mass is 433 g/mol. The first-order valence-electron chi connectivity index (χ1n) is 8.99. The van der Waals surface area contributed by atoms with Crippen LogP contribution in [0.25, 0.3) is 0 Å². The van der Waals surface area contributed by atoms with Crippen LogP contribution in [-0.4, -0.2) is 47.1 Å². The number of carbonyl (C=O) groups is 1. The third-order valence-corrected chi connectivity index (χ3v) is 5.83. The van der Waals surface area contributed by atoms with Crippen LogP contribution < -0.4 is 5.32 Å². The zero-order valence-electron chi connectivity index (χ0n) is 15.8. The quantitative estimate of drug-likeness (QED) is 0.795. The van der Waals surface area contributed by atoms with Crippen molar-refractivity contribution in [3.63, 3.8) is 0 Å². The van der Waals surface area contributed by atoms with E-state index in [0.717, 1.165) is 18.2 Å². The zero-order chi connectivity index (χ0) is 21.5. The van der Waals surface area contributed by atoms with E-state index >= 15 is 0 Å². The molecule has 4 rings (SSSR count). The van der Waals surface area contributed by atoms with Crippen molar-refractivity contribution in [2.24, 2.45) is 4.40 Å². The maximum atomic E-state index is 14.0. The molecule has 156 valence electrons. The molecule has 0 saturated carbocycles. The molecule has 11 heteroatoms. The van der Waals surface area contributed by atoms with E-state index in [9.17, 15) is 22.0 Å². The molecule has 0 aliphatic carbocycles. The van der Waals surface area contributed by atoms with Crippen LogP contribution in [0, 0.1) is 18.6 Å². The summed E-state index contributed by atoms with van der Waals surface area (Å²) in [4.78, 5) is 14.5. The molecule has 2 aliphatic heterocycles. The fraction of sp³-hybridized carbons (Fsp3) is 0.211. The molecule has 0 fully saturated rings. The summed E-state index contributed by atoms with van der Waals surface area (Å²) in [7, 11) is -3.65. The van der Waals surface area contributed by atoms with E-state index in [1.54, 1.807) is 24.1 Å².